The summed E-state index contributed by atoms with van der Waals surface area (Å²) in [5, 5.41) is 2.02. The molecule has 36 heavy (non-hydrogen) atoms. The van der Waals surface area contributed by atoms with Gasteiger partial charge in [0.05, 0.1) is 11.2 Å². The zero-order valence-electron chi connectivity index (χ0n) is 20.9. The van der Waals surface area contributed by atoms with E-state index in [0.717, 1.165) is 34.9 Å². The van der Waals surface area contributed by atoms with Crippen molar-refractivity contribution in [2.24, 2.45) is 0 Å². The molecule has 6 nitrogen and oxygen atoms in total. The van der Waals surface area contributed by atoms with Gasteiger partial charge in [0.2, 0.25) is 0 Å². The molecule has 0 aliphatic carbocycles. The first kappa shape index (κ1) is 25.9. The highest BCUT2D eigenvalue weighted by Gasteiger charge is 2.21. The average Bonchev–Trinajstić information content (AvgIpc) is 3.44. The summed E-state index contributed by atoms with van der Waals surface area (Å²) >= 11 is 0. The number of sulfonamides is 1. The molecular formula is C29H35N3O3S. The molecule has 0 fully saturated rings. The number of fused-ring (bicyclic) bond motifs is 1. The normalized spacial score (nSPS) is 11.7. The zero-order chi connectivity index (χ0) is 25.2. The molecule has 0 radical (unpaired) electrons. The molecule has 0 saturated carbocycles. The minimum absolute atomic E-state index is 0.277. The first-order chi connectivity index (χ1) is 17.6. The second-order valence-electron chi connectivity index (χ2n) is 9.14. The lowest BCUT2D eigenvalue weighted by Crippen LogP contribution is -2.28. The van der Waals surface area contributed by atoms with Crippen LogP contribution in [0.1, 0.15) is 63.9 Å². The Kier molecular flexibility index (Phi) is 9.14. The van der Waals surface area contributed by atoms with Crippen molar-refractivity contribution >= 4 is 20.8 Å². The predicted molar refractivity (Wildman–Crippen MR) is 145 cm³/mol. The molecule has 1 N–H and O–H groups in total. The molecule has 3 aromatic carbocycles. The van der Waals surface area contributed by atoms with Crippen LogP contribution in [0.3, 0.4) is 0 Å². The van der Waals surface area contributed by atoms with Gasteiger partial charge in [-0.25, -0.2) is 13.4 Å². The van der Waals surface area contributed by atoms with E-state index in [9.17, 15) is 8.42 Å². The van der Waals surface area contributed by atoms with E-state index in [4.69, 9.17) is 4.84 Å². The largest absolute Gasteiger partial charge is 0.394 e. The molecule has 0 unspecified atom stereocenters. The topological polar surface area (TPSA) is 73.2 Å². The second-order valence-corrected chi connectivity index (χ2v) is 10.8. The van der Waals surface area contributed by atoms with Crippen LogP contribution in [0, 0.1) is 0 Å². The van der Waals surface area contributed by atoms with E-state index >= 15 is 0 Å². The number of unbranched alkanes of at least 4 members (excludes halogenated alkanes) is 7. The quantitative estimate of drug-likeness (QED) is 0.148. The molecule has 7 heteroatoms. The van der Waals surface area contributed by atoms with E-state index < -0.39 is 10.0 Å². The summed E-state index contributed by atoms with van der Waals surface area (Å²) in [6.07, 6.45) is 15.6. The van der Waals surface area contributed by atoms with Gasteiger partial charge in [-0.2, -0.15) is 0 Å². The summed E-state index contributed by atoms with van der Waals surface area (Å²) < 4.78 is 28.5. The maximum Gasteiger partial charge on any atom is 0.271 e. The molecule has 0 amide bonds. The number of rotatable bonds is 14. The minimum Gasteiger partial charge on any atom is -0.394 e. The average molecular weight is 506 g/mol. The Morgan fingerprint density at radius 2 is 1.58 bits per heavy atom. The smallest absolute Gasteiger partial charge is 0.271 e. The third-order valence-electron chi connectivity index (χ3n) is 6.48. The summed E-state index contributed by atoms with van der Waals surface area (Å²) in [6, 6.07) is 18.6. The molecule has 0 aliphatic rings. The van der Waals surface area contributed by atoms with Crippen LogP contribution in [-0.2, 0) is 16.4 Å². The molecule has 1 heterocycles. The molecule has 0 atom stereocenters. The van der Waals surface area contributed by atoms with Gasteiger partial charge in [-0.1, -0.05) is 82.2 Å². The van der Waals surface area contributed by atoms with Crippen LogP contribution in [-0.4, -0.2) is 18.0 Å². The van der Waals surface area contributed by atoms with Crippen molar-refractivity contribution in [1.82, 2.24) is 14.4 Å². The number of nitrogens with zero attached hydrogens (tertiary/aromatic N) is 2. The van der Waals surface area contributed by atoms with Gasteiger partial charge in [0.1, 0.15) is 5.75 Å². The van der Waals surface area contributed by atoms with E-state index in [0.29, 0.717) is 12.2 Å². The SMILES string of the molecule is CCCCCCCCCCc1c(S(=O)(=O)NOc2ccc(-n3ccnc3)cc2)ccc2ccccc12. The van der Waals surface area contributed by atoms with Crippen LogP contribution in [0.4, 0.5) is 0 Å². The van der Waals surface area contributed by atoms with Crippen LogP contribution in [0.2, 0.25) is 0 Å². The number of hydrogen-bond acceptors (Lipinski definition) is 4. The summed E-state index contributed by atoms with van der Waals surface area (Å²) in [7, 11) is -3.88. The first-order valence-electron chi connectivity index (χ1n) is 12.9. The Balaban J connectivity index is 1.44. The van der Waals surface area contributed by atoms with Crippen molar-refractivity contribution in [2.75, 3.05) is 0 Å². The summed E-state index contributed by atoms with van der Waals surface area (Å²) in [6.45, 7) is 2.23. The maximum atomic E-state index is 13.3. The molecule has 1 aromatic heterocycles. The van der Waals surface area contributed by atoms with E-state index in [1.165, 1.54) is 38.5 Å². The maximum absolute atomic E-state index is 13.3. The van der Waals surface area contributed by atoms with Gasteiger partial charge in [0.15, 0.2) is 0 Å². The summed E-state index contributed by atoms with van der Waals surface area (Å²) in [5.41, 5.74) is 1.76. The number of benzene rings is 3. The Morgan fingerprint density at radius 1 is 0.861 bits per heavy atom. The first-order valence-corrected chi connectivity index (χ1v) is 14.3. The number of aryl methyl sites for hydroxylation is 1. The van der Waals surface area contributed by atoms with Gasteiger partial charge >= 0.3 is 0 Å². The Morgan fingerprint density at radius 3 is 2.31 bits per heavy atom. The highest BCUT2D eigenvalue weighted by molar-refractivity contribution is 7.89. The van der Waals surface area contributed by atoms with Crippen molar-refractivity contribution < 1.29 is 13.3 Å². The third kappa shape index (κ3) is 6.74. The van der Waals surface area contributed by atoms with Gasteiger partial charge < -0.3 is 9.40 Å². The Hall–Kier alpha value is -3.16. The fourth-order valence-corrected chi connectivity index (χ4v) is 5.59. The number of aromatic nitrogens is 2. The molecular weight excluding hydrogens is 470 g/mol. The van der Waals surface area contributed by atoms with E-state index in [1.807, 2.05) is 53.2 Å². The number of nitrogens with one attached hydrogen (secondary N) is 1. The summed E-state index contributed by atoms with van der Waals surface area (Å²) in [5.74, 6) is 0.410. The fraction of sp³-hybridized carbons (Fsp3) is 0.345. The molecule has 0 saturated heterocycles. The van der Waals surface area contributed by atoms with Gasteiger partial charge in [-0.3, -0.25) is 0 Å². The molecule has 0 spiro atoms. The molecule has 0 aliphatic heterocycles. The molecule has 4 aromatic rings. The minimum atomic E-state index is -3.88. The van der Waals surface area contributed by atoms with Crippen molar-refractivity contribution in [3.63, 3.8) is 0 Å². The van der Waals surface area contributed by atoms with Gasteiger partial charge in [-0.15, -0.1) is 0 Å². The van der Waals surface area contributed by atoms with Crippen LogP contribution in [0.15, 0.2) is 84.3 Å². The Labute approximate surface area is 214 Å². The fourth-order valence-electron chi connectivity index (χ4n) is 4.51. The van der Waals surface area contributed by atoms with Gasteiger partial charge in [-0.05, 0) is 64.4 Å². The van der Waals surface area contributed by atoms with Crippen molar-refractivity contribution in [3.8, 4) is 11.4 Å². The van der Waals surface area contributed by atoms with Crippen molar-refractivity contribution in [3.05, 3.63) is 84.9 Å². The highest BCUT2D eigenvalue weighted by Crippen LogP contribution is 2.28. The standard InChI is InChI=1S/C29H35N3O3S/c1-2-3-4-5-6-7-8-9-14-28-27-13-11-10-12-24(27)15-20-29(28)36(33,34)31-35-26-18-16-25(17-19-26)32-22-21-30-23-32/h10-13,15-23,31H,2-9,14H2,1H3. The molecule has 4 rings (SSSR count). The van der Waals surface area contributed by atoms with Crippen LogP contribution in [0.25, 0.3) is 16.5 Å². The van der Waals surface area contributed by atoms with Crippen molar-refractivity contribution in [1.29, 1.82) is 0 Å². The van der Waals surface area contributed by atoms with Gasteiger partial charge in [0, 0.05) is 18.1 Å². The lowest BCUT2D eigenvalue weighted by atomic mass is 9.99. The lowest BCUT2D eigenvalue weighted by Gasteiger charge is -2.15. The van der Waals surface area contributed by atoms with Crippen molar-refractivity contribution in [2.45, 2.75) is 69.6 Å². The number of imidazole rings is 1. The monoisotopic (exact) mass is 505 g/mol. The number of hydrogen-bond donors (Lipinski definition) is 1. The zero-order valence-corrected chi connectivity index (χ0v) is 21.7. The van der Waals surface area contributed by atoms with Crippen LogP contribution >= 0.6 is 0 Å². The van der Waals surface area contributed by atoms with E-state index in [-0.39, 0.29) is 4.90 Å². The highest BCUT2D eigenvalue weighted by atomic mass is 32.2. The predicted octanol–water partition coefficient (Wildman–Crippen LogP) is 6.98. The second kappa shape index (κ2) is 12.7. The third-order valence-corrected chi connectivity index (χ3v) is 7.74. The Bertz CT molecular complexity index is 1330. The lowest BCUT2D eigenvalue weighted by molar-refractivity contribution is 0.269. The van der Waals surface area contributed by atoms with E-state index in [1.54, 1.807) is 30.7 Å². The van der Waals surface area contributed by atoms with Gasteiger partial charge in [0.25, 0.3) is 10.0 Å². The molecule has 190 valence electrons. The van der Waals surface area contributed by atoms with Crippen LogP contribution in [0.5, 0.6) is 5.75 Å². The van der Waals surface area contributed by atoms with E-state index in [2.05, 4.69) is 16.8 Å². The van der Waals surface area contributed by atoms with Crippen LogP contribution < -0.4 is 9.72 Å². The summed E-state index contributed by atoms with van der Waals surface area (Å²) in [4.78, 5) is 12.1. The molecule has 0 bridgehead atoms.